The van der Waals surface area contributed by atoms with Gasteiger partial charge in [0.25, 0.3) is 0 Å². The maximum Gasteiger partial charge on any atom is 0.472 e. The number of phosphoric acid groups is 1. The van der Waals surface area contributed by atoms with Crippen molar-refractivity contribution in [2.75, 3.05) is 26.4 Å². The molecule has 0 rings (SSSR count). The Bertz CT molecular complexity index is 1010. The molecule has 3 N–H and O–H groups in total. The molecular weight excluding hydrogens is 689 g/mol. The Morgan fingerprint density at radius 3 is 1.51 bits per heavy atom. The molecule has 0 aliphatic carbocycles. The smallest absolute Gasteiger partial charge is 0.462 e. The van der Waals surface area contributed by atoms with E-state index in [2.05, 4.69) is 62.5 Å². The van der Waals surface area contributed by atoms with Crippen LogP contribution in [0.2, 0.25) is 0 Å². The third-order valence-corrected chi connectivity index (χ3v) is 9.67. The van der Waals surface area contributed by atoms with Gasteiger partial charge in [0, 0.05) is 19.4 Å². The van der Waals surface area contributed by atoms with Gasteiger partial charge in [-0.05, 0) is 77.0 Å². The largest absolute Gasteiger partial charge is 0.472 e. The molecule has 0 saturated carbocycles. The number of esters is 2. The number of nitrogens with two attached hydrogens (primary N) is 1. The highest BCUT2D eigenvalue weighted by Gasteiger charge is 2.26. The lowest BCUT2D eigenvalue weighted by Crippen LogP contribution is -2.29. The van der Waals surface area contributed by atoms with Gasteiger partial charge in [0.15, 0.2) is 6.10 Å². The van der Waals surface area contributed by atoms with Crippen LogP contribution in [0, 0.1) is 0 Å². The second-order valence-electron chi connectivity index (χ2n) is 13.8. The molecule has 10 heteroatoms. The summed E-state index contributed by atoms with van der Waals surface area (Å²) in [7, 11) is -4.38. The summed E-state index contributed by atoms with van der Waals surface area (Å²) < 4.78 is 32.7. The number of phosphoric ester groups is 1. The summed E-state index contributed by atoms with van der Waals surface area (Å²) in [5.74, 6) is -0.865. The number of carbonyl (C=O) groups is 2. The number of rotatable bonds is 39. The molecule has 0 aromatic heterocycles. The third-order valence-electron chi connectivity index (χ3n) is 8.69. The summed E-state index contributed by atoms with van der Waals surface area (Å²) in [6.45, 7) is 3.66. The maximum atomic E-state index is 12.6. The van der Waals surface area contributed by atoms with E-state index in [4.69, 9.17) is 24.3 Å². The third kappa shape index (κ3) is 39.5. The molecule has 0 radical (unpaired) electrons. The molecule has 0 spiro atoms. The lowest BCUT2D eigenvalue weighted by Gasteiger charge is -2.19. The molecular formula is C43H78NO8P. The van der Waals surface area contributed by atoms with Crippen LogP contribution in [0.25, 0.3) is 0 Å². The van der Waals surface area contributed by atoms with Gasteiger partial charge < -0.3 is 20.1 Å². The number of hydrogen-bond acceptors (Lipinski definition) is 8. The second kappa shape index (κ2) is 39.7. The molecule has 2 atom stereocenters. The normalized spacial score (nSPS) is 13.8. The summed E-state index contributed by atoms with van der Waals surface area (Å²) in [6.07, 6.45) is 44.2. The zero-order chi connectivity index (χ0) is 38.9. The van der Waals surface area contributed by atoms with Crippen LogP contribution in [-0.2, 0) is 32.7 Å². The summed E-state index contributed by atoms with van der Waals surface area (Å²) >= 11 is 0. The fourth-order valence-electron chi connectivity index (χ4n) is 5.52. The van der Waals surface area contributed by atoms with Gasteiger partial charge in [-0.1, -0.05) is 140 Å². The van der Waals surface area contributed by atoms with Gasteiger partial charge in [-0.3, -0.25) is 18.6 Å². The van der Waals surface area contributed by atoms with Crippen molar-refractivity contribution in [3.63, 3.8) is 0 Å². The molecule has 0 aliphatic heterocycles. The highest BCUT2D eigenvalue weighted by molar-refractivity contribution is 7.47. The molecule has 0 aromatic rings. The van der Waals surface area contributed by atoms with Gasteiger partial charge in [-0.15, -0.1) is 0 Å². The van der Waals surface area contributed by atoms with Crippen LogP contribution >= 0.6 is 7.82 Å². The molecule has 0 heterocycles. The van der Waals surface area contributed by atoms with Gasteiger partial charge >= 0.3 is 19.8 Å². The number of hydrogen-bond donors (Lipinski definition) is 2. The minimum Gasteiger partial charge on any atom is -0.462 e. The average Bonchev–Trinajstić information content (AvgIpc) is 3.14. The van der Waals surface area contributed by atoms with E-state index in [-0.39, 0.29) is 32.6 Å². The first-order chi connectivity index (χ1) is 25.8. The van der Waals surface area contributed by atoms with Crippen molar-refractivity contribution in [1.82, 2.24) is 0 Å². The van der Waals surface area contributed by atoms with Crippen LogP contribution < -0.4 is 5.73 Å². The first-order valence-electron chi connectivity index (χ1n) is 21.1. The van der Waals surface area contributed by atoms with E-state index in [0.29, 0.717) is 6.42 Å². The predicted octanol–water partition coefficient (Wildman–Crippen LogP) is 11.9. The van der Waals surface area contributed by atoms with Crippen LogP contribution in [0.5, 0.6) is 0 Å². The van der Waals surface area contributed by atoms with Gasteiger partial charge in [-0.2, -0.15) is 0 Å². The molecule has 0 fully saturated rings. The van der Waals surface area contributed by atoms with E-state index >= 15 is 0 Å². The monoisotopic (exact) mass is 768 g/mol. The molecule has 0 amide bonds. The van der Waals surface area contributed by atoms with Crippen LogP contribution in [-0.4, -0.2) is 49.3 Å². The molecule has 0 saturated heterocycles. The van der Waals surface area contributed by atoms with Crippen molar-refractivity contribution in [2.45, 2.75) is 187 Å². The number of unbranched alkanes of at least 4 members (excludes halogenated alkanes) is 18. The van der Waals surface area contributed by atoms with Crippen molar-refractivity contribution in [3.8, 4) is 0 Å². The van der Waals surface area contributed by atoms with Crippen molar-refractivity contribution < 1.29 is 37.6 Å². The SMILES string of the molecule is CCCCCC=CCC=CCC=CCCCCCCC(=O)O[C@H](COC(=O)CCCCCCCC=CCCCCCCCC)COP(=O)(O)OCCN. The second-order valence-corrected chi connectivity index (χ2v) is 15.3. The lowest BCUT2D eigenvalue weighted by molar-refractivity contribution is -0.161. The van der Waals surface area contributed by atoms with E-state index in [0.717, 1.165) is 77.0 Å². The lowest BCUT2D eigenvalue weighted by atomic mass is 10.1. The Hall–Kier alpha value is -2.03. The molecule has 0 aliphatic rings. The van der Waals surface area contributed by atoms with Crippen molar-refractivity contribution in [1.29, 1.82) is 0 Å². The Morgan fingerprint density at radius 1 is 0.566 bits per heavy atom. The Balaban J connectivity index is 4.24. The number of carbonyl (C=O) groups excluding carboxylic acids is 2. The summed E-state index contributed by atoms with van der Waals surface area (Å²) in [6, 6.07) is 0. The van der Waals surface area contributed by atoms with E-state index in [1.165, 1.54) is 70.6 Å². The van der Waals surface area contributed by atoms with Crippen LogP contribution in [0.4, 0.5) is 0 Å². The summed E-state index contributed by atoms with van der Waals surface area (Å²) in [5, 5.41) is 0. The van der Waals surface area contributed by atoms with Gasteiger partial charge in [0.1, 0.15) is 6.61 Å². The number of ether oxygens (including phenoxy) is 2. The Labute approximate surface area is 324 Å². The van der Waals surface area contributed by atoms with E-state index in [1.54, 1.807) is 0 Å². The fraction of sp³-hybridized carbons (Fsp3) is 0.767. The standard InChI is InChI=1S/C43H78NO8P/c1-3-5-7-9-11-13-15-17-19-20-22-24-26-28-30-32-34-36-43(46)52-41(40-51-53(47,48)50-38-37-44)39-49-42(45)35-33-31-29-27-25-23-21-18-16-14-12-10-8-6-4-2/h11,13,17-19,21-22,24,41H,3-10,12,14-16,20,23,25-40,44H2,1-2H3,(H,47,48)/t41-/m1/s1. The quantitative estimate of drug-likeness (QED) is 0.0271. The topological polar surface area (TPSA) is 134 Å². The zero-order valence-corrected chi connectivity index (χ0v) is 34.6. The van der Waals surface area contributed by atoms with Crippen LogP contribution in [0.1, 0.15) is 181 Å². The summed E-state index contributed by atoms with van der Waals surface area (Å²) in [5.41, 5.74) is 5.34. The van der Waals surface area contributed by atoms with Gasteiger partial charge in [0.2, 0.25) is 0 Å². The minimum absolute atomic E-state index is 0.0469. The van der Waals surface area contributed by atoms with Gasteiger partial charge in [-0.25, -0.2) is 4.57 Å². The maximum absolute atomic E-state index is 12.6. The number of allylic oxidation sites excluding steroid dienone is 8. The van der Waals surface area contributed by atoms with E-state index in [9.17, 15) is 19.0 Å². The van der Waals surface area contributed by atoms with Crippen molar-refractivity contribution in [3.05, 3.63) is 48.6 Å². The molecule has 53 heavy (non-hydrogen) atoms. The molecule has 308 valence electrons. The first kappa shape index (κ1) is 51.0. The minimum atomic E-state index is -4.38. The van der Waals surface area contributed by atoms with Crippen LogP contribution in [0.3, 0.4) is 0 Å². The Kier molecular flexibility index (Phi) is 38.1. The highest BCUT2D eigenvalue weighted by Crippen LogP contribution is 2.43. The molecule has 0 aromatic carbocycles. The first-order valence-corrected chi connectivity index (χ1v) is 22.6. The van der Waals surface area contributed by atoms with Crippen molar-refractivity contribution in [2.24, 2.45) is 5.73 Å². The molecule has 9 nitrogen and oxygen atoms in total. The Morgan fingerprint density at radius 2 is 0.981 bits per heavy atom. The predicted molar refractivity (Wildman–Crippen MR) is 220 cm³/mol. The van der Waals surface area contributed by atoms with Gasteiger partial charge in [0.05, 0.1) is 13.2 Å². The summed E-state index contributed by atoms with van der Waals surface area (Å²) in [4.78, 5) is 34.8. The van der Waals surface area contributed by atoms with E-state index in [1.807, 2.05) is 0 Å². The average molecular weight is 768 g/mol. The van der Waals surface area contributed by atoms with Crippen molar-refractivity contribution >= 4 is 19.8 Å². The molecule has 0 bridgehead atoms. The zero-order valence-electron chi connectivity index (χ0n) is 33.7. The molecule has 1 unspecified atom stereocenters. The fourth-order valence-corrected chi connectivity index (χ4v) is 6.28. The highest BCUT2D eigenvalue weighted by atomic mass is 31.2. The van der Waals surface area contributed by atoms with E-state index < -0.39 is 32.5 Å². The van der Waals surface area contributed by atoms with Crippen LogP contribution in [0.15, 0.2) is 48.6 Å².